The highest BCUT2D eigenvalue weighted by molar-refractivity contribution is 8.14. The number of amides is 2. The highest BCUT2D eigenvalue weighted by Crippen LogP contribution is 2.41. The predicted octanol–water partition coefficient (Wildman–Crippen LogP) is -1.78. The number of carboxylic acid groups (broad SMARTS) is 1. The van der Waals surface area contributed by atoms with Gasteiger partial charge in [-0.15, -0.1) is 11.8 Å². The lowest BCUT2D eigenvalue weighted by Gasteiger charge is -2.49. The molecule has 0 radical (unpaired) electrons. The van der Waals surface area contributed by atoms with Gasteiger partial charge in [-0.2, -0.15) is 9.36 Å². The fourth-order valence-electron chi connectivity index (χ4n) is 3.70. The van der Waals surface area contributed by atoms with Crippen molar-refractivity contribution in [3.05, 3.63) is 29.0 Å². The number of thioether (sulfide) groups is 2. The molecule has 0 saturated carbocycles. The number of hydrogen-bond acceptors (Lipinski definition) is 16. The molecule has 0 bridgehead atoms. The maximum absolute atomic E-state index is 13.0. The molecule has 4 heterocycles. The summed E-state index contributed by atoms with van der Waals surface area (Å²) in [5, 5.41) is 20.6. The SMILES string of the molecule is CCO/N=C(\C(=O)NC1C(=O)N2C(C(=O)O)=C(CSC3=NC(N)=CC(NC)N3N)CS[C@@H]12)c1nsc(N)n1. The second-order valence-corrected chi connectivity index (χ2v) is 10.7. The number of carbonyl (C=O) groups excluding carboxylic acids is 2. The van der Waals surface area contributed by atoms with E-state index in [4.69, 9.17) is 22.1 Å². The lowest BCUT2D eigenvalue weighted by atomic mass is 10.0. The third-order valence-corrected chi connectivity index (χ3v) is 8.37. The molecule has 1 aromatic rings. The van der Waals surface area contributed by atoms with Crippen molar-refractivity contribution in [1.82, 2.24) is 29.9 Å². The Balaban J connectivity index is 1.48. The van der Waals surface area contributed by atoms with E-state index < -0.39 is 29.2 Å². The molecule has 0 aliphatic carbocycles. The summed E-state index contributed by atoms with van der Waals surface area (Å²) in [5.41, 5.74) is 11.6. The van der Waals surface area contributed by atoms with E-state index in [1.54, 1.807) is 20.0 Å². The minimum absolute atomic E-state index is 0.0422. The summed E-state index contributed by atoms with van der Waals surface area (Å²) >= 11 is 3.40. The molecule has 3 atom stereocenters. The van der Waals surface area contributed by atoms with Crippen molar-refractivity contribution in [3.63, 3.8) is 0 Å². The van der Waals surface area contributed by atoms with E-state index >= 15 is 0 Å². The van der Waals surface area contributed by atoms with Crippen LogP contribution in [0.5, 0.6) is 0 Å². The Bertz CT molecular complexity index is 1260. The van der Waals surface area contributed by atoms with E-state index in [2.05, 4.69) is 30.1 Å². The van der Waals surface area contributed by atoms with E-state index in [0.29, 0.717) is 16.5 Å². The number of amidine groups is 1. The summed E-state index contributed by atoms with van der Waals surface area (Å²) in [5.74, 6) is 4.26. The van der Waals surface area contributed by atoms with Crippen molar-refractivity contribution in [2.75, 3.05) is 30.9 Å². The van der Waals surface area contributed by atoms with Gasteiger partial charge in [-0.05, 0) is 25.6 Å². The Labute approximate surface area is 228 Å². The van der Waals surface area contributed by atoms with Crippen LogP contribution in [-0.4, -0.2) is 95.8 Å². The number of carboxylic acids is 1. The van der Waals surface area contributed by atoms with Crippen LogP contribution in [0.1, 0.15) is 12.7 Å². The Morgan fingerprint density at radius 1 is 1.39 bits per heavy atom. The average molecular weight is 584 g/mol. The third-order valence-electron chi connectivity index (χ3n) is 5.44. The van der Waals surface area contributed by atoms with Gasteiger partial charge in [0.1, 0.15) is 35.7 Å². The van der Waals surface area contributed by atoms with E-state index in [9.17, 15) is 19.5 Å². The molecular formula is C19H25N11O5S3. The molecule has 2 unspecified atom stereocenters. The number of nitrogens with two attached hydrogens (primary N) is 3. The fraction of sp³-hybridized carbons (Fsp3) is 0.421. The molecule has 38 heavy (non-hydrogen) atoms. The first-order valence-corrected chi connectivity index (χ1v) is 13.9. The van der Waals surface area contributed by atoms with Gasteiger partial charge in [0.05, 0.1) is 0 Å². The molecule has 2 amide bonds. The number of hydrogen-bond donors (Lipinski definition) is 6. The number of aromatic nitrogens is 2. The highest BCUT2D eigenvalue weighted by atomic mass is 32.2. The van der Waals surface area contributed by atoms with Crippen LogP contribution >= 0.6 is 35.1 Å². The summed E-state index contributed by atoms with van der Waals surface area (Å²) in [6.45, 7) is 1.87. The zero-order valence-electron chi connectivity index (χ0n) is 20.2. The molecule has 16 nitrogen and oxygen atoms in total. The quantitative estimate of drug-likeness (QED) is 0.0816. The van der Waals surface area contributed by atoms with Gasteiger partial charge >= 0.3 is 5.97 Å². The molecule has 0 aromatic carbocycles. The van der Waals surface area contributed by atoms with E-state index in [0.717, 1.165) is 11.5 Å². The molecule has 4 rings (SSSR count). The first kappa shape index (κ1) is 27.6. The second kappa shape index (κ2) is 11.6. The second-order valence-electron chi connectivity index (χ2n) is 7.85. The number of fused-ring (bicyclic) bond motifs is 1. The van der Waals surface area contributed by atoms with Crippen molar-refractivity contribution >= 4 is 68.9 Å². The first-order chi connectivity index (χ1) is 18.2. The van der Waals surface area contributed by atoms with Gasteiger partial charge in [0, 0.05) is 23.0 Å². The normalized spacial score (nSPS) is 23.4. The van der Waals surface area contributed by atoms with Gasteiger partial charge in [0.15, 0.2) is 10.3 Å². The van der Waals surface area contributed by atoms with Gasteiger partial charge in [0.25, 0.3) is 11.8 Å². The lowest BCUT2D eigenvalue weighted by molar-refractivity contribution is -0.150. The minimum atomic E-state index is -1.26. The zero-order valence-corrected chi connectivity index (χ0v) is 22.6. The summed E-state index contributed by atoms with van der Waals surface area (Å²) in [6, 6.07) is -0.984. The van der Waals surface area contributed by atoms with Crippen molar-refractivity contribution in [1.29, 1.82) is 0 Å². The van der Waals surface area contributed by atoms with Crippen molar-refractivity contribution in [3.8, 4) is 0 Å². The van der Waals surface area contributed by atoms with Crippen molar-refractivity contribution < 1.29 is 24.3 Å². The van der Waals surface area contributed by atoms with Crippen LogP contribution < -0.4 is 27.9 Å². The van der Waals surface area contributed by atoms with Gasteiger partial charge in [-0.25, -0.2) is 15.6 Å². The molecule has 19 heteroatoms. The molecule has 1 fully saturated rings. The van der Waals surface area contributed by atoms with Crippen LogP contribution in [0.15, 0.2) is 33.3 Å². The Morgan fingerprint density at radius 2 is 2.16 bits per heavy atom. The largest absolute Gasteiger partial charge is 0.477 e. The number of likely N-dealkylation sites (N-methyl/N-ethyl adjacent to an activating group) is 1. The number of β-lactam (4-membered cyclic amide) rings is 1. The monoisotopic (exact) mass is 583 g/mol. The molecule has 204 valence electrons. The molecule has 3 aliphatic rings. The molecule has 1 aromatic heterocycles. The topological polar surface area (TPSA) is 240 Å². The fourth-order valence-corrected chi connectivity index (χ4v) is 6.58. The Hall–Kier alpha value is -3.39. The molecule has 0 spiro atoms. The number of nitrogen functional groups attached to an aromatic ring is 1. The highest BCUT2D eigenvalue weighted by Gasteiger charge is 2.54. The predicted molar refractivity (Wildman–Crippen MR) is 143 cm³/mol. The van der Waals surface area contributed by atoms with Gasteiger partial charge < -0.3 is 26.7 Å². The Kier molecular flexibility index (Phi) is 8.41. The standard InChI is InChI=1S/C19H25N11O5S3/c1-3-35-27-10(13-26-18(21)38-28-13)14(31)25-11-15(32)29-12(17(33)34)7(5-36-16(11)29)6-37-19-24-8(20)4-9(23-2)30(19)22/h4,9,11,16,23H,3,5-6,20,22H2,1-2H3,(H,25,31)(H,33,34)(H2,21,26,28)/b27-10-/t9?,11?,16-/m0/s1. The maximum Gasteiger partial charge on any atom is 0.352 e. The van der Waals surface area contributed by atoms with E-state index in [-0.39, 0.29) is 46.7 Å². The number of rotatable bonds is 9. The van der Waals surface area contributed by atoms with Gasteiger partial charge in [-0.1, -0.05) is 16.9 Å². The van der Waals surface area contributed by atoms with Crippen LogP contribution in [0.3, 0.4) is 0 Å². The smallest absolute Gasteiger partial charge is 0.352 e. The molecule has 3 aliphatic heterocycles. The summed E-state index contributed by atoms with van der Waals surface area (Å²) in [6.07, 6.45) is 1.27. The van der Waals surface area contributed by atoms with Gasteiger partial charge in [0.2, 0.25) is 11.5 Å². The Morgan fingerprint density at radius 3 is 2.79 bits per heavy atom. The number of nitrogens with one attached hydrogen (secondary N) is 2. The maximum atomic E-state index is 13.0. The molecular weight excluding hydrogens is 558 g/mol. The summed E-state index contributed by atoms with van der Waals surface area (Å²) in [4.78, 5) is 52.5. The lowest BCUT2D eigenvalue weighted by Crippen LogP contribution is -2.71. The van der Waals surface area contributed by atoms with Crippen molar-refractivity contribution in [2.45, 2.75) is 24.5 Å². The van der Waals surface area contributed by atoms with E-state index in [1.807, 2.05) is 0 Å². The number of aliphatic carboxylic acids is 1. The number of carbonyl (C=O) groups is 3. The van der Waals surface area contributed by atoms with Crippen LogP contribution in [0, 0.1) is 0 Å². The summed E-state index contributed by atoms with van der Waals surface area (Å²) in [7, 11) is 1.71. The van der Waals surface area contributed by atoms with Crippen LogP contribution in [0.25, 0.3) is 0 Å². The van der Waals surface area contributed by atoms with Crippen molar-refractivity contribution in [2.24, 2.45) is 21.7 Å². The van der Waals surface area contributed by atoms with Crippen LogP contribution in [0.2, 0.25) is 0 Å². The molecule has 9 N–H and O–H groups in total. The number of hydrazine groups is 1. The average Bonchev–Trinajstić information content (AvgIpc) is 3.32. The first-order valence-electron chi connectivity index (χ1n) is 11.1. The third kappa shape index (κ3) is 5.41. The van der Waals surface area contributed by atoms with Crippen LogP contribution in [-0.2, 0) is 19.2 Å². The molecule has 1 saturated heterocycles. The number of oxime groups is 1. The number of aliphatic imine (C=N–C) groups is 1. The van der Waals surface area contributed by atoms with Crippen LogP contribution in [0.4, 0.5) is 5.13 Å². The number of anilines is 1. The zero-order chi connectivity index (χ0) is 27.6. The van der Waals surface area contributed by atoms with Gasteiger partial charge in [-0.3, -0.25) is 24.8 Å². The minimum Gasteiger partial charge on any atom is -0.477 e. The number of nitrogens with zero attached hydrogens (tertiary/aromatic N) is 6. The van der Waals surface area contributed by atoms with E-state index in [1.165, 1.54) is 33.4 Å². The summed E-state index contributed by atoms with van der Waals surface area (Å²) < 4.78 is 3.97.